The molecule has 0 aliphatic heterocycles. The zero-order valence-corrected chi connectivity index (χ0v) is 9.12. The van der Waals surface area contributed by atoms with Gasteiger partial charge in [-0.05, 0) is 30.3 Å². The summed E-state index contributed by atoms with van der Waals surface area (Å²) in [6, 6.07) is 9.29. The van der Waals surface area contributed by atoms with Crippen LogP contribution in [0.3, 0.4) is 0 Å². The average Bonchev–Trinajstić information content (AvgIpc) is 2.32. The summed E-state index contributed by atoms with van der Waals surface area (Å²) in [5.41, 5.74) is 0.737. The first-order valence-electron chi connectivity index (χ1n) is 4.72. The van der Waals surface area contributed by atoms with Crippen molar-refractivity contribution in [2.75, 3.05) is 0 Å². The molecule has 1 heterocycles. The molecule has 0 saturated carbocycles. The molecule has 1 aromatic heterocycles. The van der Waals surface area contributed by atoms with Crippen molar-refractivity contribution in [1.82, 2.24) is 4.98 Å². The Balaban J connectivity index is 2.16. The summed E-state index contributed by atoms with van der Waals surface area (Å²) in [6.07, 6.45) is 1.62. The van der Waals surface area contributed by atoms with Crippen LogP contribution in [0.4, 0.5) is 4.39 Å². The lowest BCUT2D eigenvalue weighted by molar-refractivity contribution is 0.479. The molecule has 0 atom stereocenters. The maximum absolute atomic E-state index is 12.7. The lowest BCUT2D eigenvalue weighted by Gasteiger charge is -2.05. The second-order valence-corrected chi connectivity index (χ2v) is 3.44. The first kappa shape index (κ1) is 10.9. The van der Waals surface area contributed by atoms with E-state index in [1.807, 2.05) is 0 Å². The van der Waals surface area contributed by atoms with Gasteiger partial charge < -0.3 is 4.74 Å². The number of benzene rings is 1. The van der Waals surface area contributed by atoms with Crippen molar-refractivity contribution >= 4 is 11.6 Å². The number of nitrogens with zero attached hydrogens (tertiary/aromatic N) is 1. The summed E-state index contributed by atoms with van der Waals surface area (Å²) in [5.74, 6) is 1.26. The molecule has 2 rings (SSSR count). The van der Waals surface area contributed by atoms with Crippen LogP contribution >= 0.6 is 11.6 Å². The standard InChI is InChI=1S/C12H9ClFNO/c13-8-10-7-12(5-6-15-10)16-11-3-1-9(14)2-4-11/h1-7H,8H2. The number of hydrogen-bond acceptors (Lipinski definition) is 2. The third-order valence-corrected chi connectivity index (χ3v) is 2.25. The molecule has 4 heteroatoms. The molecule has 0 spiro atoms. The highest BCUT2D eigenvalue weighted by Gasteiger charge is 1.99. The van der Waals surface area contributed by atoms with Crippen LogP contribution in [0.15, 0.2) is 42.6 Å². The van der Waals surface area contributed by atoms with E-state index in [9.17, 15) is 4.39 Å². The van der Waals surface area contributed by atoms with Crippen LogP contribution in [0.25, 0.3) is 0 Å². The van der Waals surface area contributed by atoms with Gasteiger partial charge in [0, 0.05) is 12.3 Å². The van der Waals surface area contributed by atoms with Crippen molar-refractivity contribution < 1.29 is 9.13 Å². The van der Waals surface area contributed by atoms with E-state index in [1.165, 1.54) is 12.1 Å². The lowest BCUT2D eigenvalue weighted by Crippen LogP contribution is -1.88. The van der Waals surface area contributed by atoms with Crippen LogP contribution in [-0.4, -0.2) is 4.98 Å². The van der Waals surface area contributed by atoms with Crippen LogP contribution in [0.5, 0.6) is 11.5 Å². The number of alkyl halides is 1. The smallest absolute Gasteiger partial charge is 0.130 e. The van der Waals surface area contributed by atoms with Crippen LogP contribution in [0.2, 0.25) is 0 Å². The minimum absolute atomic E-state index is 0.288. The highest BCUT2D eigenvalue weighted by atomic mass is 35.5. The zero-order chi connectivity index (χ0) is 11.4. The van der Waals surface area contributed by atoms with Gasteiger partial charge in [-0.25, -0.2) is 4.39 Å². The molecule has 16 heavy (non-hydrogen) atoms. The number of rotatable bonds is 3. The molecule has 2 aromatic rings. The van der Waals surface area contributed by atoms with Crippen molar-refractivity contribution in [2.45, 2.75) is 5.88 Å². The molecule has 0 unspecified atom stereocenters. The lowest BCUT2D eigenvalue weighted by atomic mass is 10.3. The third-order valence-electron chi connectivity index (χ3n) is 1.97. The van der Waals surface area contributed by atoms with Gasteiger partial charge in [-0.1, -0.05) is 0 Å². The van der Waals surface area contributed by atoms with Gasteiger partial charge in [0.2, 0.25) is 0 Å². The van der Waals surface area contributed by atoms with Gasteiger partial charge in [-0.15, -0.1) is 11.6 Å². The van der Waals surface area contributed by atoms with Crippen molar-refractivity contribution in [3.05, 3.63) is 54.1 Å². The van der Waals surface area contributed by atoms with Crippen molar-refractivity contribution in [3.63, 3.8) is 0 Å². The summed E-state index contributed by atoms with van der Waals surface area (Å²) in [7, 11) is 0. The average molecular weight is 238 g/mol. The van der Waals surface area contributed by atoms with Gasteiger partial charge in [0.25, 0.3) is 0 Å². The Labute approximate surface area is 97.7 Å². The van der Waals surface area contributed by atoms with Crippen molar-refractivity contribution in [2.24, 2.45) is 0 Å². The molecule has 0 radical (unpaired) electrons. The normalized spacial score (nSPS) is 10.1. The van der Waals surface area contributed by atoms with E-state index in [0.29, 0.717) is 17.4 Å². The molecule has 0 N–H and O–H groups in total. The van der Waals surface area contributed by atoms with Crippen LogP contribution in [0, 0.1) is 5.82 Å². The summed E-state index contributed by atoms with van der Waals surface area (Å²) < 4.78 is 18.2. The predicted molar refractivity (Wildman–Crippen MR) is 60.3 cm³/mol. The van der Waals surface area contributed by atoms with Crippen LogP contribution in [-0.2, 0) is 5.88 Å². The molecule has 2 nitrogen and oxygen atoms in total. The summed E-state index contributed by atoms with van der Waals surface area (Å²) in [5, 5.41) is 0. The van der Waals surface area contributed by atoms with E-state index in [-0.39, 0.29) is 5.82 Å². The zero-order valence-electron chi connectivity index (χ0n) is 8.36. The second kappa shape index (κ2) is 4.94. The van der Waals surface area contributed by atoms with E-state index in [4.69, 9.17) is 16.3 Å². The molecule has 1 aromatic carbocycles. The third kappa shape index (κ3) is 2.70. The Bertz CT molecular complexity index is 473. The van der Waals surface area contributed by atoms with E-state index in [0.717, 1.165) is 5.69 Å². The Morgan fingerprint density at radius 1 is 1.12 bits per heavy atom. The van der Waals surface area contributed by atoms with Gasteiger partial charge in [0.1, 0.15) is 17.3 Å². The number of ether oxygens (including phenoxy) is 1. The SMILES string of the molecule is Fc1ccc(Oc2ccnc(CCl)c2)cc1. The monoisotopic (exact) mass is 237 g/mol. The first-order valence-corrected chi connectivity index (χ1v) is 5.26. The molecule has 0 saturated heterocycles. The van der Waals surface area contributed by atoms with E-state index >= 15 is 0 Å². The number of halogens is 2. The number of pyridine rings is 1. The predicted octanol–water partition coefficient (Wildman–Crippen LogP) is 3.75. The molecule has 0 aliphatic carbocycles. The maximum atomic E-state index is 12.7. The van der Waals surface area contributed by atoms with Gasteiger partial charge in [0.05, 0.1) is 11.6 Å². The molecule has 0 aliphatic rings. The fraction of sp³-hybridized carbons (Fsp3) is 0.0833. The molecular weight excluding hydrogens is 229 g/mol. The summed E-state index contributed by atoms with van der Waals surface area (Å²) in [4.78, 5) is 4.04. The molecule has 0 bridgehead atoms. The summed E-state index contributed by atoms with van der Waals surface area (Å²) >= 11 is 5.66. The van der Waals surface area contributed by atoms with E-state index in [1.54, 1.807) is 30.5 Å². The van der Waals surface area contributed by atoms with Gasteiger partial charge in [0.15, 0.2) is 0 Å². The van der Waals surface area contributed by atoms with Gasteiger partial charge in [-0.3, -0.25) is 4.98 Å². The number of hydrogen-bond donors (Lipinski definition) is 0. The maximum Gasteiger partial charge on any atom is 0.130 e. The fourth-order valence-corrected chi connectivity index (χ4v) is 1.38. The van der Waals surface area contributed by atoms with Crippen LogP contribution in [0.1, 0.15) is 5.69 Å². The quantitative estimate of drug-likeness (QED) is 0.759. The number of aromatic nitrogens is 1. The van der Waals surface area contributed by atoms with Gasteiger partial charge >= 0.3 is 0 Å². The summed E-state index contributed by atoms with van der Waals surface area (Å²) in [6.45, 7) is 0. The molecule has 0 amide bonds. The molecular formula is C12H9ClFNO. The molecule has 0 fully saturated rings. The Morgan fingerprint density at radius 3 is 2.56 bits per heavy atom. The van der Waals surface area contributed by atoms with Crippen molar-refractivity contribution in [3.8, 4) is 11.5 Å². The minimum atomic E-state index is -0.288. The first-order chi connectivity index (χ1) is 7.78. The topological polar surface area (TPSA) is 22.1 Å². The van der Waals surface area contributed by atoms with Crippen LogP contribution < -0.4 is 4.74 Å². The largest absolute Gasteiger partial charge is 0.457 e. The Morgan fingerprint density at radius 2 is 1.88 bits per heavy atom. The Kier molecular flexibility index (Phi) is 3.37. The highest BCUT2D eigenvalue weighted by molar-refractivity contribution is 6.16. The van der Waals surface area contributed by atoms with E-state index < -0.39 is 0 Å². The second-order valence-electron chi connectivity index (χ2n) is 3.17. The van der Waals surface area contributed by atoms with E-state index in [2.05, 4.69) is 4.98 Å². The van der Waals surface area contributed by atoms with Crippen molar-refractivity contribution in [1.29, 1.82) is 0 Å². The fourth-order valence-electron chi connectivity index (χ4n) is 1.23. The molecule has 82 valence electrons. The highest BCUT2D eigenvalue weighted by Crippen LogP contribution is 2.21. The minimum Gasteiger partial charge on any atom is -0.457 e. The Hall–Kier alpha value is -1.61. The van der Waals surface area contributed by atoms with Gasteiger partial charge in [-0.2, -0.15) is 0 Å².